The number of nitrogens with one attached hydrogen (secondary N) is 1. The third kappa shape index (κ3) is 5.57. The maximum absolute atomic E-state index is 13.8. The minimum absolute atomic E-state index is 0. The lowest BCUT2D eigenvalue weighted by atomic mass is 10.0. The molecule has 1 unspecified atom stereocenters. The Labute approximate surface area is 178 Å². The van der Waals surface area contributed by atoms with Gasteiger partial charge in [-0.2, -0.15) is 0 Å². The molecule has 2 aromatic rings. The van der Waals surface area contributed by atoms with E-state index in [1.807, 2.05) is 30.3 Å². The zero-order valence-corrected chi connectivity index (χ0v) is 18.2. The molecule has 0 saturated carbocycles. The van der Waals surface area contributed by atoms with Crippen LogP contribution in [0.4, 0.5) is 4.39 Å². The quantitative estimate of drug-likeness (QED) is 0.256. The number of nitrogens with two attached hydrogens (primary N) is 1. The number of aryl methyl sites for hydroxylation is 1. The summed E-state index contributed by atoms with van der Waals surface area (Å²) in [6, 6.07) is 13.2. The van der Waals surface area contributed by atoms with E-state index in [4.69, 9.17) is 10.5 Å². The molecule has 3 rings (SSSR count). The molecule has 2 aromatic carbocycles. The summed E-state index contributed by atoms with van der Waals surface area (Å²) in [5.74, 6) is 1.12. The number of hydrogen-bond acceptors (Lipinski definition) is 2. The molecule has 0 amide bonds. The summed E-state index contributed by atoms with van der Waals surface area (Å²) >= 11 is 3.26. The van der Waals surface area contributed by atoms with E-state index in [0.717, 1.165) is 28.6 Å². The Hall–Kier alpha value is -1.35. The minimum atomic E-state index is -0.191. The topological polar surface area (TPSA) is 59.6 Å². The monoisotopic (exact) mass is 533 g/mol. The zero-order chi connectivity index (χ0) is 17.6. The normalized spacial score (nSPS) is 16.2. The molecule has 3 N–H and O–H groups in total. The van der Waals surface area contributed by atoms with Crippen LogP contribution in [0, 0.1) is 5.82 Å². The largest absolute Gasteiger partial charge is 0.493 e. The lowest BCUT2D eigenvalue weighted by molar-refractivity contribution is 0.262. The summed E-state index contributed by atoms with van der Waals surface area (Å²) in [5.41, 5.74) is 7.81. The van der Waals surface area contributed by atoms with Gasteiger partial charge in [-0.3, -0.25) is 4.99 Å². The van der Waals surface area contributed by atoms with Crippen molar-refractivity contribution in [3.05, 3.63) is 63.9 Å². The first-order valence-electron chi connectivity index (χ1n) is 8.35. The predicted octanol–water partition coefficient (Wildman–Crippen LogP) is 4.57. The van der Waals surface area contributed by atoms with Gasteiger partial charge in [0.25, 0.3) is 0 Å². The molecule has 0 radical (unpaired) electrons. The van der Waals surface area contributed by atoms with Crippen LogP contribution >= 0.6 is 39.9 Å². The fraction of sp³-hybridized carbons (Fsp3) is 0.316. The Morgan fingerprint density at radius 1 is 1.31 bits per heavy atom. The lowest BCUT2D eigenvalue weighted by Gasteiger charge is -2.26. The SMILES string of the molecule is I.NC(=NCCCc1ccc(Br)cc1F)NC1CCOc2ccccc21. The second-order valence-electron chi connectivity index (χ2n) is 5.98. The number of halogens is 3. The number of ether oxygens (including phenoxy) is 1. The van der Waals surface area contributed by atoms with Crippen molar-refractivity contribution >= 4 is 45.9 Å². The molecule has 0 aromatic heterocycles. The Morgan fingerprint density at radius 3 is 2.92 bits per heavy atom. The lowest BCUT2D eigenvalue weighted by Crippen LogP contribution is -2.37. The Balaban J connectivity index is 0.00000243. The molecule has 1 heterocycles. The third-order valence-corrected chi connectivity index (χ3v) is 4.68. The maximum atomic E-state index is 13.8. The molecule has 0 fully saturated rings. The molecular weight excluding hydrogens is 512 g/mol. The van der Waals surface area contributed by atoms with E-state index in [1.54, 1.807) is 6.07 Å². The van der Waals surface area contributed by atoms with Crippen LogP contribution in [-0.4, -0.2) is 19.1 Å². The standard InChI is InChI=1S/C19H21BrFN3O.HI/c20-14-8-7-13(16(21)12-14)4-3-10-23-19(22)24-17-9-11-25-18-6-2-1-5-15(17)18;/h1-2,5-8,12,17H,3-4,9-11H2,(H3,22,23,24);1H. The number of para-hydroxylation sites is 1. The van der Waals surface area contributed by atoms with Crippen LogP contribution in [0.15, 0.2) is 51.9 Å². The molecular formula is C19H22BrFIN3O. The fourth-order valence-corrected chi connectivity index (χ4v) is 3.24. The zero-order valence-electron chi connectivity index (χ0n) is 14.3. The number of rotatable bonds is 5. The van der Waals surface area contributed by atoms with E-state index < -0.39 is 0 Å². The summed E-state index contributed by atoms with van der Waals surface area (Å²) < 4.78 is 20.2. The number of nitrogens with zero attached hydrogens (tertiary/aromatic N) is 1. The van der Waals surface area contributed by atoms with Crippen LogP contribution in [0.1, 0.15) is 30.0 Å². The van der Waals surface area contributed by atoms with E-state index in [-0.39, 0.29) is 35.8 Å². The molecule has 0 bridgehead atoms. The molecule has 0 spiro atoms. The van der Waals surface area contributed by atoms with Crippen molar-refractivity contribution in [2.24, 2.45) is 10.7 Å². The van der Waals surface area contributed by atoms with Crippen LogP contribution < -0.4 is 15.8 Å². The number of hydrogen-bond donors (Lipinski definition) is 2. The Morgan fingerprint density at radius 2 is 2.12 bits per heavy atom. The minimum Gasteiger partial charge on any atom is -0.493 e. The Kier molecular flexibility index (Phi) is 8.15. The van der Waals surface area contributed by atoms with Gasteiger partial charge in [0.05, 0.1) is 12.6 Å². The molecule has 1 aliphatic heterocycles. The molecule has 1 atom stereocenters. The van der Waals surface area contributed by atoms with Crippen molar-refractivity contribution < 1.29 is 9.13 Å². The predicted molar refractivity (Wildman–Crippen MR) is 117 cm³/mol. The van der Waals surface area contributed by atoms with Gasteiger partial charge >= 0.3 is 0 Å². The summed E-state index contributed by atoms with van der Waals surface area (Å²) in [7, 11) is 0. The van der Waals surface area contributed by atoms with Gasteiger partial charge in [-0.1, -0.05) is 40.2 Å². The second-order valence-corrected chi connectivity index (χ2v) is 6.89. The Bertz CT molecular complexity index is 772. The summed E-state index contributed by atoms with van der Waals surface area (Å²) in [6.07, 6.45) is 2.22. The first-order chi connectivity index (χ1) is 12.1. The van der Waals surface area contributed by atoms with Crippen molar-refractivity contribution in [2.45, 2.75) is 25.3 Å². The van der Waals surface area contributed by atoms with Gasteiger partial charge in [0.2, 0.25) is 0 Å². The number of benzene rings is 2. The maximum Gasteiger partial charge on any atom is 0.189 e. The molecule has 1 aliphatic rings. The van der Waals surface area contributed by atoms with Crippen LogP contribution in [0.3, 0.4) is 0 Å². The van der Waals surface area contributed by atoms with Crippen LogP contribution in [0.5, 0.6) is 5.75 Å². The van der Waals surface area contributed by atoms with Gasteiger partial charge in [-0.25, -0.2) is 4.39 Å². The first-order valence-corrected chi connectivity index (χ1v) is 9.15. The highest BCUT2D eigenvalue weighted by molar-refractivity contribution is 14.0. The van der Waals surface area contributed by atoms with E-state index in [9.17, 15) is 4.39 Å². The van der Waals surface area contributed by atoms with Gasteiger partial charge < -0.3 is 15.8 Å². The molecule has 0 saturated heterocycles. The highest BCUT2D eigenvalue weighted by atomic mass is 127. The van der Waals surface area contributed by atoms with E-state index in [2.05, 4.69) is 26.2 Å². The summed E-state index contributed by atoms with van der Waals surface area (Å²) in [6.45, 7) is 1.21. The molecule has 140 valence electrons. The van der Waals surface area contributed by atoms with E-state index in [1.165, 1.54) is 6.07 Å². The van der Waals surface area contributed by atoms with Gasteiger partial charge in [-0.05, 0) is 36.6 Å². The van der Waals surface area contributed by atoms with Crippen molar-refractivity contribution in [3.63, 3.8) is 0 Å². The molecule has 4 nitrogen and oxygen atoms in total. The summed E-state index contributed by atoms with van der Waals surface area (Å²) in [5, 5.41) is 3.26. The van der Waals surface area contributed by atoms with Crippen LogP contribution in [0.25, 0.3) is 0 Å². The average molecular weight is 534 g/mol. The van der Waals surface area contributed by atoms with Crippen molar-refractivity contribution in [1.29, 1.82) is 0 Å². The summed E-state index contributed by atoms with van der Waals surface area (Å²) in [4.78, 5) is 4.36. The van der Waals surface area contributed by atoms with Gasteiger partial charge in [-0.15, -0.1) is 24.0 Å². The van der Waals surface area contributed by atoms with Crippen LogP contribution in [-0.2, 0) is 6.42 Å². The highest BCUT2D eigenvalue weighted by Gasteiger charge is 2.21. The van der Waals surface area contributed by atoms with Gasteiger partial charge in [0.1, 0.15) is 11.6 Å². The van der Waals surface area contributed by atoms with E-state index >= 15 is 0 Å². The van der Waals surface area contributed by atoms with Gasteiger partial charge in [0, 0.05) is 23.0 Å². The fourth-order valence-electron chi connectivity index (χ4n) is 2.91. The second kappa shape index (κ2) is 10.1. The number of aliphatic imine (C=N–C) groups is 1. The number of fused-ring (bicyclic) bond motifs is 1. The number of guanidine groups is 1. The van der Waals surface area contributed by atoms with Crippen LogP contribution in [0.2, 0.25) is 0 Å². The van der Waals surface area contributed by atoms with Crippen molar-refractivity contribution in [2.75, 3.05) is 13.2 Å². The first kappa shape index (κ1) is 21.0. The van der Waals surface area contributed by atoms with Crippen molar-refractivity contribution in [1.82, 2.24) is 5.32 Å². The smallest absolute Gasteiger partial charge is 0.189 e. The molecule has 7 heteroatoms. The van der Waals surface area contributed by atoms with Crippen molar-refractivity contribution in [3.8, 4) is 5.75 Å². The molecule has 26 heavy (non-hydrogen) atoms. The average Bonchev–Trinajstić information content (AvgIpc) is 2.60. The highest BCUT2D eigenvalue weighted by Crippen LogP contribution is 2.31. The van der Waals surface area contributed by atoms with Gasteiger partial charge in [0.15, 0.2) is 5.96 Å². The van der Waals surface area contributed by atoms with E-state index in [0.29, 0.717) is 31.1 Å². The molecule has 0 aliphatic carbocycles. The third-order valence-electron chi connectivity index (χ3n) is 4.18.